The van der Waals surface area contributed by atoms with Gasteiger partial charge in [0.25, 0.3) is 0 Å². The van der Waals surface area contributed by atoms with Crippen molar-refractivity contribution in [1.29, 1.82) is 0 Å². The molecular formula is C25H32N4O3. The van der Waals surface area contributed by atoms with Crippen molar-refractivity contribution >= 4 is 11.7 Å². The zero-order chi connectivity index (χ0) is 22.1. The molecule has 1 aromatic carbocycles. The van der Waals surface area contributed by atoms with Crippen molar-refractivity contribution in [2.75, 3.05) is 38.3 Å². The standard InChI is InChI=1S/C25H32N4O3/c1-17-21-14-23(30)29(16-18-6-3-4-8-22(18)31-2)25(21)27-24(26-17)19-7-5-11-28(15-19)20-9-12-32-13-10-20/h3-4,6,8,19-20H,5,7,9-16H2,1-2H3. The molecule has 3 aliphatic rings. The molecular weight excluding hydrogens is 404 g/mol. The van der Waals surface area contributed by atoms with Gasteiger partial charge in [0.15, 0.2) is 0 Å². The molecule has 0 radical (unpaired) electrons. The lowest BCUT2D eigenvalue weighted by Gasteiger charge is -2.39. The molecule has 4 heterocycles. The zero-order valence-corrected chi connectivity index (χ0v) is 19.0. The van der Waals surface area contributed by atoms with Crippen molar-refractivity contribution in [3.8, 4) is 5.75 Å². The van der Waals surface area contributed by atoms with E-state index in [0.717, 1.165) is 86.2 Å². The number of aryl methyl sites for hydroxylation is 1. The van der Waals surface area contributed by atoms with E-state index in [1.54, 1.807) is 7.11 Å². The van der Waals surface area contributed by atoms with E-state index in [1.165, 1.54) is 0 Å². The summed E-state index contributed by atoms with van der Waals surface area (Å²) >= 11 is 0. The van der Waals surface area contributed by atoms with Gasteiger partial charge in [-0.3, -0.25) is 14.6 Å². The summed E-state index contributed by atoms with van der Waals surface area (Å²) in [6.07, 6.45) is 4.84. The van der Waals surface area contributed by atoms with Crippen molar-refractivity contribution in [1.82, 2.24) is 14.9 Å². The van der Waals surface area contributed by atoms with Crippen LogP contribution in [0.25, 0.3) is 0 Å². The Kier molecular flexibility index (Phi) is 6.11. The Balaban J connectivity index is 1.40. The summed E-state index contributed by atoms with van der Waals surface area (Å²) in [6.45, 7) is 6.33. The molecule has 2 fully saturated rings. The number of ether oxygens (including phenoxy) is 2. The molecule has 0 spiro atoms. The molecule has 7 nitrogen and oxygen atoms in total. The number of aromatic nitrogens is 2. The van der Waals surface area contributed by atoms with E-state index >= 15 is 0 Å². The molecule has 5 rings (SSSR count). The van der Waals surface area contributed by atoms with Gasteiger partial charge in [-0.05, 0) is 45.2 Å². The Labute approximate surface area is 189 Å². The molecule has 0 saturated carbocycles. The monoisotopic (exact) mass is 436 g/mol. The highest BCUT2D eigenvalue weighted by molar-refractivity contribution is 6.00. The highest BCUT2D eigenvalue weighted by Gasteiger charge is 2.34. The smallest absolute Gasteiger partial charge is 0.233 e. The number of piperidine rings is 1. The number of methoxy groups -OCH3 is 1. The predicted octanol–water partition coefficient (Wildman–Crippen LogP) is 3.24. The van der Waals surface area contributed by atoms with Crippen LogP contribution in [0.3, 0.4) is 0 Å². The normalized spacial score (nSPS) is 22.2. The zero-order valence-electron chi connectivity index (χ0n) is 19.0. The number of hydrogen-bond acceptors (Lipinski definition) is 6. The third-order valence-electron chi connectivity index (χ3n) is 7.14. The molecule has 7 heteroatoms. The van der Waals surface area contributed by atoms with Gasteiger partial charge in [-0.1, -0.05) is 18.2 Å². The highest BCUT2D eigenvalue weighted by atomic mass is 16.5. The van der Waals surface area contributed by atoms with Crippen molar-refractivity contribution in [2.45, 2.75) is 57.5 Å². The van der Waals surface area contributed by atoms with Gasteiger partial charge < -0.3 is 9.47 Å². The molecule has 2 saturated heterocycles. The molecule has 0 N–H and O–H groups in total. The summed E-state index contributed by atoms with van der Waals surface area (Å²) in [7, 11) is 1.66. The number of hydrogen-bond donors (Lipinski definition) is 0. The lowest BCUT2D eigenvalue weighted by atomic mass is 9.94. The maximum Gasteiger partial charge on any atom is 0.233 e. The maximum atomic E-state index is 12.9. The van der Waals surface area contributed by atoms with E-state index in [9.17, 15) is 4.79 Å². The number of nitrogens with zero attached hydrogens (tertiary/aromatic N) is 4. The fraction of sp³-hybridized carbons (Fsp3) is 0.560. The summed E-state index contributed by atoms with van der Waals surface area (Å²) < 4.78 is 11.1. The molecule has 32 heavy (non-hydrogen) atoms. The van der Waals surface area contributed by atoms with Gasteiger partial charge in [0.2, 0.25) is 5.91 Å². The van der Waals surface area contributed by atoms with Crippen LogP contribution in [0.5, 0.6) is 5.75 Å². The second kappa shape index (κ2) is 9.16. The number of carbonyl (C=O) groups excluding carboxylic acids is 1. The summed E-state index contributed by atoms with van der Waals surface area (Å²) in [4.78, 5) is 27.2. The maximum absolute atomic E-state index is 12.9. The van der Waals surface area contributed by atoms with Crippen LogP contribution in [0.15, 0.2) is 24.3 Å². The number of carbonyl (C=O) groups is 1. The van der Waals surface area contributed by atoms with Crippen molar-refractivity contribution in [2.24, 2.45) is 0 Å². The van der Waals surface area contributed by atoms with Crippen LogP contribution in [0.4, 0.5) is 5.82 Å². The topological polar surface area (TPSA) is 67.8 Å². The number of fused-ring (bicyclic) bond motifs is 1. The first-order valence-electron chi connectivity index (χ1n) is 11.8. The molecule has 0 bridgehead atoms. The first kappa shape index (κ1) is 21.3. The lowest BCUT2D eigenvalue weighted by molar-refractivity contribution is -0.117. The number of amides is 1. The van der Waals surface area contributed by atoms with Gasteiger partial charge in [0, 0.05) is 48.5 Å². The second-order valence-corrected chi connectivity index (χ2v) is 9.12. The van der Waals surface area contributed by atoms with E-state index in [0.29, 0.717) is 24.9 Å². The summed E-state index contributed by atoms with van der Waals surface area (Å²) in [6, 6.07) is 8.46. The molecule has 3 aliphatic heterocycles. The van der Waals surface area contributed by atoms with Crippen molar-refractivity contribution in [3.63, 3.8) is 0 Å². The highest BCUT2D eigenvalue weighted by Crippen LogP contribution is 2.35. The number of rotatable bonds is 5. The number of anilines is 1. The fourth-order valence-electron chi connectivity index (χ4n) is 5.35. The minimum Gasteiger partial charge on any atom is -0.496 e. The summed E-state index contributed by atoms with van der Waals surface area (Å²) in [5, 5.41) is 0. The molecule has 1 amide bonds. The van der Waals surface area contributed by atoms with Gasteiger partial charge in [-0.2, -0.15) is 0 Å². The van der Waals surface area contributed by atoms with Crippen LogP contribution in [-0.2, 0) is 22.5 Å². The van der Waals surface area contributed by atoms with Gasteiger partial charge >= 0.3 is 0 Å². The van der Waals surface area contributed by atoms with Gasteiger partial charge in [-0.25, -0.2) is 9.97 Å². The second-order valence-electron chi connectivity index (χ2n) is 9.12. The molecule has 2 aromatic rings. The van der Waals surface area contributed by atoms with E-state index in [1.807, 2.05) is 36.1 Å². The van der Waals surface area contributed by atoms with E-state index in [2.05, 4.69) is 4.90 Å². The Morgan fingerprint density at radius 2 is 1.97 bits per heavy atom. The van der Waals surface area contributed by atoms with Crippen molar-refractivity contribution < 1.29 is 14.3 Å². The third-order valence-corrected chi connectivity index (χ3v) is 7.14. The Morgan fingerprint density at radius 3 is 2.78 bits per heavy atom. The molecule has 1 atom stereocenters. The minimum atomic E-state index is 0.0768. The lowest BCUT2D eigenvalue weighted by Crippen LogP contribution is -2.44. The number of benzene rings is 1. The quantitative estimate of drug-likeness (QED) is 0.717. The SMILES string of the molecule is COc1ccccc1CN1C(=O)Cc2c(C)nc(C3CCCN(C4CCOCC4)C3)nc21. The van der Waals surface area contributed by atoms with E-state index in [-0.39, 0.29) is 5.91 Å². The minimum absolute atomic E-state index is 0.0768. The first-order chi connectivity index (χ1) is 15.6. The Hall–Kier alpha value is -2.51. The van der Waals surface area contributed by atoms with Gasteiger partial charge in [-0.15, -0.1) is 0 Å². The van der Waals surface area contributed by atoms with Crippen LogP contribution in [0.1, 0.15) is 54.2 Å². The average molecular weight is 437 g/mol. The van der Waals surface area contributed by atoms with Gasteiger partial charge in [0.1, 0.15) is 17.4 Å². The molecule has 1 unspecified atom stereocenters. The van der Waals surface area contributed by atoms with Crippen LogP contribution in [0, 0.1) is 6.92 Å². The van der Waals surface area contributed by atoms with Crippen LogP contribution in [-0.4, -0.2) is 60.2 Å². The number of likely N-dealkylation sites (tertiary alicyclic amines) is 1. The number of para-hydroxylation sites is 1. The molecule has 170 valence electrons. The van der Waals surface area contributed by atoms with Crippen LogP contribution in [0.2, 0.25) is 0 Å². The van der Waals surface area contributed by atoms with Crippen molar-refractivity contribution in [3.05, 3.63) is 46.9 Å². The average Bonchev–Trinajstić information content (AvgIpc) is 3.16. The summed E-state index contributed by atoms with van der Waals surface area (Å²) in [5.41, 5.74) is 2.88. The third kappa shape index (κ3) is 4.11. The molecule has 1 aromatic heterocycles. The van der Waals surface area contributed by atoms with Crippen LogP contribution < -0.4 is 9.64 Å². The largest absolute Gasteiger partial charge is 0.496 e. The Morgan fingerprint density at radius 1 is 1.16 bits per heavy atom. The molecule has 0 aliphatic carbocycles. The van der Waals surface area contributed by atoms with E-state index in [4.69, 9.17) is 19.4 Å². The van der Waals surface area contributed by atoms with Crippen LogP contribution >= 0.6 is 0 Å². The fourth-order valence-corrected chi connectivity index (χ4v) is 5.35. The van der Waals surface area contributed by atoms with Gasteiger partial charge in [0.05, 0.1) is 20.1 Å². The summed E-state index contributed by atoms with van der Waals surface area (Å²) in [5.74, 6) is 2.84. The Bertz CT molecular complexity index is 989. The first-order valence-corrected chi connectivity index (χ1v) is 11.8. The van der Waals surface area contributed by atoms with E-state index < -0.39 is 0 Å². The predicted molar refractivity (Wildman–Crippen MR) is 122 cm³/mol.